The number of hydrogen-bond acceptors (Lipinski definition) is 5. The zero-order valence-corrected chi connectivity index (χ0v) is 22.3. The maximum absolute atomic E-state index is 14.9. The highest BCUT2D eigenvalue weighted by molar-refractivity contribution is 5.95. The van der Waals surface area contributed by atoms with Crippen LogP contribution in [0.25, 0.3) is 16.3 Å². The van der Waals surface area contributed by atoms with Gasteiger partial charge >= 0.3 is 6.18 Å². The first-order chi connectivity index (χ1) is 18.4. The van der Waals surface area contributed by atoms with Crippen molar-refractivity contribution in [3.8, 4) is 0 Å². The van der Waals surface area contributed by atoms with Crippen molar-refractivity contribution >= 4 is 16.3 Å². The van der Waals surface area contributed by atoms with E-state index in [1.807, 2.05) is 50.2 Å². The molecule has 1 saturated carbocycles. The molecule has 7 atom stereocenters. The quantitative estimate of drug-likeness (QED) is 0.551. The molecule has 1 aromatic heterocycles. The Hall–Kier alpha value is -2.52. The fourth-order valence-electron chi connectivity index (χ4n) is 8.69. The summed E-state index contributed by atoms with van der Waals surface area (Å²) in [5.41, 5.74) is -0.978. The Morgan fingerprint density at radius 2 is 1.92 bits per heavy atom. The maximum atomic E-state index is 14.9. The van der Waals surface area contributed by atoms with Crippen molar-refractivity contribution < 1.29 is 28.1 Å². The Morgan fingerprint density at radius 3 is 2.67 bits per heavy atom. The molecule has 5 aliphatic rings. The topological polar surface area (TPSA) is 65.8 Å². The van der Waals surface area contributed by atoms with Crippen molar-refractivity contribution in [2.45, 2.75) is 74.7 Å². The lowest BCUT2D eigenvalue weighted by atomic mass is 9.56. The number of aromatic nitrogens is 1. The average molecular weight is 539 g/mol. The number of pyridine rings is 1. The molecule has 39 heavy (non-hydrogen) atoms. The Bertz CT molecular complexity index is 1470. The molecule has 8 heteroatoms. The lowest BCUT2D eigenvalue weighted by Crippen LogP contribution is -2.62. The molecule has 2 N–H and O–H groups in total. The van der Waals surface area contributed by atoms with E-state index in [0.717, 1.165) is 21.9 Å². The third kappa shape index (κ3) is 3.26. The summed E-state index contributed by atoms with van der Waals surface area (Å²) >= 11 is 0. The van der Waals surface area contributed by atoms with E-state index < -0.39 is 40.6 Å². The second-order valence-electron chi connectivity index (χ2n) is 12.5. The number of halogens is 3. The van der Waals surface area contributed by atoms with Gasteiger partial charge < -0.3 is 19.8 Å². The second kappa shape index (κ2) is 8.03. The number of benzene rings is 1. The molecule has 2 aromatic rings. The van der Waals surface area contributed by atoms with Gasteiger partial charge in [-0.05, 0) is 79.9 Å². The summed E-state index contributed by atoms with van der Waals surface area (Å²) in [6, 6.07) is 7.50. The number of rotatable bonds is 2. The summed E-state index contributed by atoms with van der Waals surface area (Å²) in [5.74, 6) is -0.188. The fraction of sp³-hybridized carbons (Fsp3) is 0.516. The number of hydrogen-bond donors (Lipinski definition) is 2. The summed E-state index contributed by atoms with van der Waals surface area (Å²) in [4.78, 5) is 6.18. The zero-order chi connectivity index (χ0) is 27.5. The van der Waals surface area contributed by atoms with Gasteiger partial charge in [-0.1, -0.05) is 37.3 Å². The number of nitrogens with zero attached hydrogens (tertiary/aromatic N) is 2. The van der Waals surface area contributed by atoms with Crippen LogP contribution in [0.15, 0.2) is 65.5 Å². The molecular formula is C31H33F3N2O3. The average Bonchev–Trinajstić information content (AvgIpc) is 3.40. The van der Waals surface area contributed by atoms with Crippen LogP contribution < -0.4 is 0 Å². The van der Waals surface area contributed by atoms with E-state index in [4.69, 9.17) is 4.74 Å². The Kier molecular flexibility index (Phi) is 5.24. The molecule has 2 bridgehead atoms. The van der Waals surface area contributed by atoms with E-state index in [-0.39, 0.29) is 24.0 Å². The fourth-order valence-corrected chi connectivity index (χ4v) is 8.69. The molecule has 7 unspecified atom stereocenters. The highest BCUT2D eigenvalue weighted by atomic mass is 19.4. The molecule has 2 fully saturated rings. The van der Waals surface area contributed by atoms with Crippen LogP contribution in [0.1, 0.15) is 44.6 Å². The molecule has 3 aliphatic carbocycles. The number of likely N-dealkylation sites (N-methyl/N-ethyl adjacent to an activating group) is 1. The molecule has 2 aliphatic heterocycles. The Labute approximate surface area is 225 Å². The zero-order valence-electron chi connectivity index (χ0n) is 22.3. The van der Waals surface area contributed by atoms with Crippen molar-refractivity contribution in [2.24, 2.45) is 11.3 Å². The number of aliphatic hydroxyl groups excluding tert-OH is 2. The van der Waals surface area contributed by atoms with Crippen molar-refractivity contribution in [1.82, 2.24) is 9.88 Å². The van der Waals surface area contributed by atoms with Crippen LogP contribution in [0.4, 0.5) is 13.2 Å². The molecule has 0 amide bonds. The molecular weight excluding hydrogens is 505 g/mol. The highest BCUT2D eigenvalue weighted by Gasteiger charge is 2.69. The molecule has 1 aromatic carbocycles. The predicted molar refractivity (Wildman–Crippen MR) is 142 cm³/mol. The van der Waals surface area contributed by atoms with Gasteiger partial charge in [0, 0.05) is 40.7 Å². The van der Waals surface area contributed by atoms with Gasteiger partial charge in [-0.25, -0.2) is 0 Å². The third-order valence-corrected chi connectivity index (χ3v) is 10.5. The van der Waals surface area contributed by atoms with Gasteiger partial charge in [-0.2, -0.15) is 13.2 Å². The molecule has 206 valence electrons. The van der Waals surface area contributed by atoms with Crippen molar-refractivity contribution in [3.05, 3.63) is 71.1 Å². The minimum atomic E-state index is -4.56. The molecule has 1 saturated heterocycles. The summed E-state index contributed by atoms with van der Waals surface area (Å²) in [5, 5.41) is 24.0. The summed E-state index contributed by atoms with van der Waals surface area (Å²) < 4.78 is 51.7. The van der Waals surface area contributed by atoms with E-state index in [1.165, 1.54) is 0 Å². The van der Waals surface area contributed by atoms with E-state index in [0.29, 0.717) is 31.3 Å². The van der Waals surface area contributed by atoms with Crippen LogP contribution >= 0.6 is 0 Å². The number of aliphatic hydroxyl groups is 2. The van der Waals surface area contributed by atoms with Gasteiger partial charge in [0.05, 0.1) is 17.3 Å². The Morgan fingerprint density at radius 1 is 1.13 bits per heavy atom. The van der Waals surface area contributed by atoms with Gasteiger partial charge in [-0.15, -0.1) is 0 Å². The van der Waals surface area contributed by atoms with Crippen LogP contribution in [0, 0.1) is 11.3 Å². The molecule has 5 nitrogen and oxygen atoms in total. The van der Waals surface area contributed by atoms with Crippen molar-refractivity contribution in [3.63, 3.8) is 0 Å². The van der Waals surface area contributed by atoms with E-state index >= 15 is 0 Å². The lowest BCUT2D eigenvalue weighted by Gasteiger charge is -2.57. The van der Waals surface area contributed by atoms with Gasteiger partial charge in [-0.3, -0.25) is 4.98 Å². The SMILES string of the molecule is CN(C)C1CC23CCC4(O2)C(=C(C(F)(F)F)CC2(C)C(c5cccc6ccncc56)=CCC24)C=C3C(O)C1O. The van der Waals surface area contributed by atoms with E-state index in [1.54, 1.807) is 18.5 Å². The summed E-state index contributed by atoms with van der Waals surface area (Å²) in [6.45, 7) is 1.97. The standard InChI is InChI=1S/C31H33F3N2O3/c1-28-14-23(31(32,33)34)21-13-22-26(37)27(38)24(36(2)3)15-29(22)10-11-30(21,39-29)25(28)8-7-20(28)18-6-4-5-17-9-12-35-16-19(17)18/h4-7,9,12-13,16,24-27,37-38H,8,10-11,14-15H2,1-3H3. The van der Waals surface area contributed by atoms with Crippen LogP contribution in [-0.4, -0.2) is 69.8 Å². The molecule has 3 heterocycles. The Balaban J connectivity index is 1.42. The van der Waals surface area contributed by atoms with Crippen LogP contribution in [-0.2, 0) is 4.74 Å². The number of allylic oxidation sites excluding steroid dienone is 3. The van der Waals surface area contributed by atoms with E-state index in [2.05, 4.69) is 11.1 Å². The first-order valence-electron chi connectivity index (χ1n) is 13.7. The van der Waals surface area contributed by atoms with Crippen LogP contribution in [0.3, 0.4) is 0 Å². The van der Waals surface area contributed by atoms with Crippen LogP contribution in [0.5, 0.6) is 0 Å². The van der Waals surface area contributed by atoms with Crippen LogP contribution in [0.2, 0.25) is 0 Å². The van der Waals surface area contributed by atoms with Gasteiger partial charge in [0.2, 0.25) is 0 Å². The van der Waals surface area contributed by atoms with Crippen molar-refractivity contribution in [1.29, 1.82) is 0 Å². The normalized spacial score (nSPS) is 39.4. The third-order valence-electron chi connectivity index (χ3n) is 10.5. The van der Waals surface area contributed by atoms with E-state index in [9.17, 15) is 23.4 Å². The maximum Gasteiger partial charge on any atom is 0.413 e. The first-order valence-corrected chi connectivity index (χ1v) is 13.7. The minimum Gasteiger partial charge on any atom is -0.388 e. The van der Waals surface area contributed by atoms with Gasteiger partial charge in [0.1, 0.15) is 6.10 Å². The predicted octanol–water partition coefficient (Wildman–Crippen LogP) is 5.19. The number of alkyl halides is 3. The minimum absolute atomic E-state index is 0.157. The smallest absolute Gasteiger partial charge is 0.388 e. The number of fused-ring (bicyclic) bond motifs is 2. The van der Waals surface area contributed by atoms with Crippen molar-refractivity contribution in [2.75, 3.05) is 14.1 Å². The van der Waals surface area contributed by atoms with Gasteiger partial charge in [0.15, 0.2) is 0 Å². The lowest BCUT2D eigenvalue weighted by molar-refractivity contribution is -0.170. The summed E-state index contributed by atoms with van der Waals surface area (Å²) in [6.07, 6.45) is 2.11. The molecule has 2 spiro atoms. The molecule has 0 radical (unpaired) electrons. The monoisotopic (exact) mass is 538 g/mol. The largest absolute Gasteiger partial charge is 0.413 e. The summed E-state index contributed by atoms with van der Waals surface area (Å²) in [7, 11) is 3.69. The highest BCUT2D eigenvalue weighted by Crippen LogP contribution is 2.70. The molecule has 7 rings (SSSR count). The number of ether oxygens (including phenoxy) is 1. The van der Waals surface area contributed by atoms with Gasteiger partial charge in [0.25, 0.3) is 0 Å². The first kappa shape index (κ1) is 25.4. The second-order valence-corrected chi connectivity index (χ2v) is 12.5.